The van der Waals surface area contributed by atoms with E-state index in [0.717, 1.165) is 13.0 Å². The Labute approximate surface area is 95.8 Å². The third-order valence-corrected chi connectivity index (χ3v) is 2.78. The largest absolute Gasteiger partial charge is 0.330 e. The number of nitrogens with two attached hydrogens (primary N) is 2. The van der Waals surface area contributed by atoms with E-state index in [2.05, 4.69) is 13.8 Å². The minimum atomic E-state index is 0.0289. The van der Waals surface area contributed by atoms with Crippen LogP contribution in [0, 0.1) is 0 Å². The quantitative estimate of drug-likeness (QED) is 0.549. The van der Waals surface area contributed by atoms with E-state index in [4.69, 9.17) is 11.5 Å². The zero-order valence-electron chi connectivity index (χ0n) is 10.7. The molecule has 0 radical (unpaired) electrons. The first-order valence-electron chi connectivity index (χ1n) is 6.55. The van der Waals surface area contributed by atoms with Gasteiger partial charge in [0.05, 0.1) is 0 Å². The van der Waals surface area contributed by atoms with Gasteiger partial charge in [-0.2, -0.15) is 0 Å². The molecule has 0 heterocycles. The minimum Gasteiger partial charge on any atom is -0.330 e. The molecule has 0 rings (SSSR count). The number of unbranched alkanes of at least 4 members (excludes halogenated alkanes) is 7. The summed E-state index contributed by atoms with van der Waals surface area (Å²) >= 11 is 0. The molecule has 0 aliphatic heterocycles. The van der Waals surface area contributed by atoms with Gasteiger partial charge in [-0.1, -0.05) is 44.9 Å². The van der Waals surface area contributed by atoms with Crippen molar-refractivity contribution in [1.29, 1.82) is 0 Å². The Balaban J connectivity index is 2.99. The average Bonchev–Trinajstić information content (AvgIpc) is 2.14. The van der Waals surface area contributed by atoms with Gasteiger partial charge in [0.25, 0.3) is 0 Å². The smallest absolute Gasteiger partial charge is 0.00970 e. The van der Waals surface area contributed by atoms with Crippen LogP contribution >= 0.6 is 0 Å². The molecule has 0 aromatic carbocycles. The minimum absolute atomic E-state index is 0.0289. The van der Waals surface area contributed by atoms with Gasteiger partial charge in [0.1, 0.15) is 0 Å². The Bertz CT molecular complexity index is 127. The van der Waals surface area contributed by atoms with Crippen molar-refractivity contribution in [3.8, 4) is 0 Å². The average molecular weight is 214 g/mol. The fourth-order valence-electron chi connectivity index (χ4n) is 1.79. The summed E-state index contributed by atoms with van der Waals surface area (Å²) in [4.78, 5) is 0. The Morgan fingerprint density at radius 3 is 1.53 bits per heavy atom. The molecule has 2 nitrogen and oxygen atoms in total. The molecule has 0 aromatic heterocycles. The van der Waals surface area contributed by atoms with E-state index in [-0.39, 0.29) is 5.54 Å². The topological polar surface area (TPSA) is 52.0 Å². The molecule has 0 saturated heterocycles. The predicted molar refractivity (Wildman–Crippen MR) is 68.9 cm³/mol. The van der Waals surface area contributed by atoms with Crippen LogP contribution in [0.15, 0.2) is 0 Å². The highest BCUT2D eigenvalue weighted by molar-refractivity contribution is 4.70. The first kappa shape index (κ1) is 14.9. The Kier molecular flexibility index (Phi) is 9.12. The molecule has 92 valence electrons. The summed E-state index contributed by atoms with van der Waals surface area (Å²) in [5, 5.41) is 0. The van der Waals surface area contributed by atoms with Gasteiger partial charge in [-0.15, -0.1) is 0 Å². The second-order valence-electron chi connectivity index (χ2n) is 5.36. The van der Waals surface area contributed by atoms with Gasteiger partial charge < -0.3 is 11.5 Å². The second-order valence-corrected chi connectivity index (χ2v) is 5.36. The van der Waals surface area contributed by atoms with E-state index in [1.165, 1.54) is 51.4 Å². The first-order chi connectivity index (χ1) is 7.06. The molecule has 0 aromatic rings. The van der Waals surface area contributed by atoms with Crippen LogP contribution in [-0.4, -0.2) is 12.1 Å². The third-order valence-electron chi connectivity index (χ3n) is 2.78. The van der Waals surface area contributed by atoms with Crippen LogP contribution in [0.2, 0.25) is 0 Å². The standard InChI is InChI=1S/C13H30N2/c1-13(2,15)11-9-7-5-3-4-6-8-10-12-14/h3-12,14-15H2,1-2H3. The SMILES string of the molecule is CC(C)(N)CCCCCCCCCCN. The third kappa shape index (κ3) is 13.9. The van der Waals surface area contributed by atoms with Crippen molar-refractivity contribution in [3.05, 3.63) is 0 Å². The van der Waals surface area contributed by atoms with Crippen molar-refractivity contribution in [2.75, 3.05) is 6.54 Å². The molecule has 15 heavy (non-hydrogen) atoms. The molecule has 0 atom stereocenters. The molecule has 0 unspecified atom stereocenters. The molecule has 0 amide bonds. The zero-order chi connectivity index (χ0) is 11.6. The predicted octanol–water partition coefficient (Wildman–Crippen LogP) is 3.19. The first-order valence-corrected chi connectivity index (χ1v) is 6.55. The zero-order valence-corrected chi connectivity index (χ0v) is 10.7. The number of rotatable bonds is 10. The molecule has 0 aliphatic rings. The van der Waals surface area contributed by atoms with Gasteiger partial charge in [-0.25, -0.2) is 0 Å². The summed E-state index contributed by atoms with van der Waals surface area (Å²) in [6.45, 7) is 5.07. The van der Waals surface area contributed by atoms with Crippen molar-refractivity contribution in [3.63, 3.8) is 0 Å². The van der Waals surface area contributed by atoms with Gasteiger partial charge in [0.15, 0.2) is 0 Å². The van der Waals surface area contributed by atoms with Crippen molar-refractivity contribution in [2.45, 2.75) is 77.2 Å². The van der Waals surface area contributed by atoms with Gasteiger partial charge >= 0.3 is 0 Å². The van der Waals surface area contributed by atoms with Gasteiger partial charge in [-0.05, 0) is 33.2 Å². The lowest BCUT2D eigenvalue weighted by molar-refractivity contribution is 0.440. The number of hydrogen-bond acceptors (Lipinski definition) is 2. The van der Waals surface area contributed by atoms with E-state index in [9.17, 15) is 0 Å². The summed E-state index contributed by atoms with van der Waals surface area (Å²) in [6.07, 6.45) is 11.8. The van der Waals surface area contributed by atoms with E-state index in [1.807, 2.05) is 0 Å². The van der Waals surface area contributed by atoms with Crippen molar-refractivity contribution in [1.82, 2.24) is 0 Å². The van der Waals surface area contributed by atoms with Gasteiger partial charge in [0, 0.05) is 5.54 Å². The monoisotopic (exact) mass is 214 g/mol. The van der Waals surface area contributed by atoms with Gasteiger partial charge in [0.2, 0.25) is 0 Å². The maximum absolute atomic E-state index is 5.92. The fraction of sp³-hybridized carbons (Fsp3) is 1.00. The summed E-state index contributed by atoms with van der Waals surface area (Å²) < 4.78 is 0. The van der Waals surface area contributed by atoms with E-state index in [1.54, 1.807) is 0 Å². The lowest BCUT2D eigenvalue weighted by atomic mass is 9.97. The summed E-state index contributed by atoms with van der Waals surface area (Å²) in [5.41, 5.74) is 11.4. The van der Waals surface area contributed by atoms with E-state index < -0.39 is 0 Å². The van der Waals surface area contributed by atoms with Crippen LogP contribution in [0.4, 0.5) is 0 Å². The van der Waals surface area contributed by atoms with Gasteiger partial charge in [-0.3, -0.25) is 0 Å². The Morgan fingerprint density at radius 2 is 1.13 bits per heavy atom. The fourth-order valence-corrected chi connectivity index (χ4v) is 1.79. The Hall–Kier alpha value is -0.0800. The highest BCUT2D eigenvalue weighted by atomic mass is 14.7. The van der Waals surface area contributed by atoms with Crippen LogP contribution in [-0.2, 0) is 0 Å². The summed E-state index contributed by atoms with van der Waals surface area (Å²) in [7, 11) is 0. The highest BCUT2D eigenvalue weighted by Crippen LogP contribution is 2.13. The number of hydrogen-bond donors (Lipinski definition) is 2. The maximum atomic E-state index is 5.92. The van der Waals surface area contributed by atoms with Crippen molar-refractivity contribution < 1.29 is 0 Å². The molecule has 0 aliphatic carbocycles. The second kappa shape index (κ2) is 9.17. The molecule has 4 N–H and O–H groups in total. The molecule has 0 fully saturated rings. The normalized spacial score (nSPS) is 12.0. The van der Waals surface area contributed by atoms with Crippen molar-refractivity contribution >= 4 is 0 Å². The van der Waals surface area contributed by atoms with Crippen molar-refractivity contribution in [2.24, 2.45) is 11.5 Å². The molecular formula is C13H30N2. The summed E-state index contributed by atoms with van der Waals surface area (Å²) in [5.74, 6) is 0. The molecular weight excluding hydrogens is 184 g/mol. The molecule has 0 spiro atoms. The van der Waals surface area contributed by atoms with Crippen LogP contribution < -0.4 is 11.5 Å². The lowest BCUT2D eigenvalue weighted by Gasteiger charge is -2.17. The van der Waals surface area contributed by atoms with E-state index >= 15 is 0 Å². The molecule has 0 saturated carbocycles. The Morgan fingerprint density at radius 1 is 0.733 bits per heavy atom. The molecule has 0 bridgehead atoms. The molecule has 2 heteroatoms. The maximum Gasteiger partial charge on any atom is 0.00970 e. The van der Waals surface area contributed by atoms with Crippen LogP contribution in [0.25, 0.3) is 0 Å². The van der Waals surface area contributed by atoms with E-state index in [0.29, 0.717) is 0 Å². The van der Waals surface area contributed by atoms with Crippen LogP contribution in [0.3, 0.4) is 0 Å². The lowest BCUT2D eigenvalue weighted by Crippen LogP contribution is -2.31. The highest BCUT2D eigenvalue weighted by Gasteiger charge is 2.08. The summed E-state index contributed by atoms with van der Waals surface area (Å²) in [6, 6.07) is 0. The van der Waals surface area contributed by atoms with Crippen LogP contribution in [0.1, 0.15) is 71.6 Å². The van der Waals surface area contributed by atoms with Crippen LogP contribution in [0.5, 0.6) is 0 Å².